The lowest BCUT2D eigenvalue weighted by atomic mass is 10.4. The van der Waals surface area contributed by atoms with E-state index in [1.165, 1.54) is 24.6 Å². The van der Waals surface area contributed by atoms with Crippen molar-refractivity contribution in [3.8, 4) is 0 Å². The molecule has 6 heteroatoms. The number of hydrogen-bond donors (Lipinski definition) is 2. The van der Waals surface area contributed by atoms with Crippen molar-refractivity contribution in [2.24, 2.45) is 0 Å². The lowest BCUT2D eigenvalue weighted by Crippen LogP contribution is -2.30. The van der Waals surface area contributed by atoms with E-state index in [-0.39, 0.29) is 11.2 Å². The Hall–Kier alpha value is -1.04. The maximum Gasteiger partial charge on any atom is 0.233 e. The van der Waals surface area contributed by atoms with E-state index < -0.39 is 0 Å². The van der Waals surface area contributed by atoms with Crippen LogP contribution in [0.15, 0.2) is 5.16 Å². The summed E-state index contributed by atoms with van der Waals surface area (Å²) in [6, 6.07) is 0. The molecule has 0 spiro atoms. The second-order valence-electron chi connectivity index (χ2n) is 3.93. The number of carbonyl (C=O) groups excluding carboxylic acids is 1. The molecule has 0 bridgehead atoms. The van der Waals surface area contributed by atoms with Gasteiger partial charge in [0, 0.05) is 12.5 Å². The minimum Gasteiger partial charge on any atom is -0.355 e. The van der Waals surface area contributed by atoms with Crippen LogP contribution in [-0.4, -0.2) is 32.9 Å². The number of hydrogen-bond acceptors (Lipinski definition) is 4. The second kappa shape index (κ2) is 4.86. The SMILES string of the molecule is CCNC(=O)C(C)Sc1n[nH]c(C2CC2)n1. The zero-order valence-corrected chi connectivity index (χ0v) is 10.3. The van der Waals surface area contributed by atoms with Crippen molar-refractivity contribution < 1.29 is 4.79 Å². The number of aromatic nitrogens is 3. The van der Waals surface area contributed by atoms with E-state index in [0.29, 0.717) is 17.6 Å². The summed E-state index contributed by atoms with van der Waals surface area (Å²) in [5.74, 6) is 1.57. The van der Waals surface area contributed by atoms with Gasteiger partial charge in [0.25, 0.3) is 0 Å². The third-order valence-corrected chi connectivity index (χ3v) is 3.41. The minimum atomic E-state index is -0.150. The molecule has 1 aliphatic carbocycles. The van der Waals surface area contributed by atoms with E-state index in [4.69, 9.17) is 0 Å². The third kappa shape index (κ3) is 2.75. The summed E-state index contributed by atoms with van der Waals surface area (Å²) in [6.45, 7) is 4.43. The van der Waals surface area contributed by atoms with Gasteiger partial charge >= 0.3 is 0 Å². The van der Waals surface area contributed by atoms with Gasteiger partial charge in [-0.15, -0.1) is 5.10 Å². The van der Waals surface area contributed by atoms with Crippen molar-refractivity contribution in [2.75, 3.05) is 6.54 Å². The number of carbonyl (C=O) groups is 1. The molecule has 1 aliphatic rings. The molecule has 1 fully saturated rings. The van der Waals surface area contributed by atoms with Gasteiger partial charge in [-0.3, -0.25) is 9.89 Å². The Balaban J connectivity index is 1.89. The van der Waals surface area contributed by atoms with Crippen LogP contribution in [0.5, 0.6) is 0 Å². The first-order valence-corrected chi connectivity index (χ1v) is 6.45. The molecule has 1 unspecified atom stereocenters. The van der Waals surface area contributed by atoms with E-state index in [2.05, 4.69) is 20.5 Å². The Morgan fingerprint density at radius 2 is 2.44 bits per heavy atom. The molecule has 0 radical (unpaired) electrons. The maximum absolute atomic E-state index is 11.5. The molecule has 1 heterocycles. The van der Waals surface area contributed by atoms with Crippen molar-refractivity contribution in [1.29, 1.82) is 0 Å². The van der Waals surface area contributed by atoms with Gasteiger partial charge in [0.15, 0.2) is 0 Å². The highest BCUT2D eigenvalue weighted by atomic mass is 32.2. The third-order valence-electron chi connectivity index (χ3n) is 2.45. The van der Waals surface area contributed by atoms with E-state index >= 15 is 0 Å². The van der Waals surface area contributed by atoms with Crippen LogP contribution in [0, 0.1) is 0 Å². The molecule has 1 atom stereocenters. The molecule has 2 rings (SSSR count). The molecular weight excluding hydrogens is 224 g/mol. The van der Waals surface area contributed by atoms with Gasteiger partial charge in [-0.2, -0.15) is 0 Å². The number of H-pyrrole nitrogens is 1. The average molecular weight is 240 g/mol. The Morgan fingerprint density at radius 1 is 1.69 bits per heavy atom. The van der Waals surface area contributed by atoms with Crippen LogP contribution < -0.4 is 5.32 Å². The summed E-state index contributed by atoms with van der Waals surface area (Å²) in [7, 11) is 0. The number of thioether (sulfide) groups is 1. The lowest BCUT2D eigenvalue weighted by molar-refractivity contribution is -0.120. The summed E-state index contributed by atoms with van der Waals surface area (Å²) in [5.41, 5.74) is 0. The van der Waals surface area contributed by atoms with E-state index in [1.807, 2.05) is 13.8 Å². The predicted molar refractivity (Wildman–Crippen MR) is 62.4 cm³/mol. The first-order valence-electron chi connectivity index (χ1n) is 5.57. The summed E-state index contributed by atoms with van der Waals surface area (Å²) < 4.78 is 0. The zero-order valence-electron chi connectivity index (χ0n) is 9.49. The average Bonchev–Trinajstić information content (AvgIpc) is 3.01. The summed E-state index contributed by atoms with van der Waals surface area (Å²) in [4.78, 5) is 15.9. The van der Waals surface area contributed by atoms with Crippen LogP contribution >= 0.6 is 11.8 Å². The molecule has 1 saturated carbocycles. The summed E-state index contributed by atoms with van der Waals surface area (Å²) in [6.07, 6.45) is 2.40. The Kier molecular flexibility index (Phi) is 3.48. The van der Waals surface area contributed by atoms with Crippen LogP contribution in [0.2, 0.25) is 0 Å². The number of aromatic amines is 1. The second-order valence-corrected chi connectivity index (χ2v) is 5.24. The highest BCUT2D eigenvalue weighted by Crippen LogP contribution is 2.38. The first kappa shape index (κ1) is 11.4. The van der Waals surface area contributed by atoms with Crippen molar-refractivity contribution in [2.45, 2.75) is 43.0 Å². The minimum absolute atomic E-state index is 0.0327. The molecule has 2 N–H and O–H groups in total. The fourth-order valence-electron chi connectivity index (χ4n) is 1.38. The normalized spacial score (nSPS) is 17.1. The largest absolute Gasteiger partial charge is 0.355 e. The topological polar surface area (TPSA) is 70.7 Å². The van der Waals surface area contributed by atoms with Crippen LogP contribution in [0.25, 0.3) is 0 Å². The van der Waals surface area contributed by atoms with Gasteiger partial charge in [0.2, 0.25) is 11.1 Å². The molecule has 0 aromatic carbocycles. The fraction of sp³-hybridized carbons (Fsp3) is 0.700. The fourth-order valence-corrected chi connectivity index (χ4v) is 2.14. The molecule has 0 aliphatic heterocycles. The van der Waals surface area contributed by atoms with Crippen LogP contribution in [0.1, 0.15) is 38.4 Å². The van der Waals surface area contributed by atoms with E-state index in [0.717, 1.165) is 5.82 Å². The van der Waals surface area contributed by atoms with Crippen molar-refractivity contribution in [3.63, 3.8) is 0 Å². The van der Waals surface area contributed by atoms with Gasteiger partial charge in [0.05, 0.1) is 5.25 Å². The molecular formula is C10H16N4OS. The van der Waals surface area contributed by atoms with Gasteiger partial charge < -0.3 is 5.32 Å². The summed E-state index contributed by atoms with van der Waals surface area (Å²) in [5, 5.41) is 10.3. The number of nitrogens with zero attached hydrogens (tertiary/aromatic N) is 2. The molecule has 1 aromatic rings. The number of rotatable bonds is 5. The standard InChI is InChI=1S/C10H16N4OS/c1-3-11-9(15)6(2)16-10-12-8(13-14-10)7-4-5-7/h6-7H,3-5H2,1-2H3,(H,11,15)(H,12,13,14). The van der Waals surface area contributed by atoms with E-state index in [1.54, 1.807) is 0 Å². The van der Waals surface area contributed by atoms with Gasteiger partial charge in [-0.1, -0.05) is 11.8 Å². The highest BCUT2D eigenvalue weighted by Gasteiger charge is 2.27. The van der Waals surface area contributed by atoms with Gasteiger partial charge in [-0.05, 0) is 26.7 Å². The molecule has 1 aromatic heterocycles. The van der Waals surface area contributed by atoms with Crippen LogP contribution in [0.4, 0.5) is 0 Å². The monoisotopic (exact) mass is 240 g/mol. The maximum atomic E-state index is 11.5. The van der Waals surface area contributed by atoms with E-state index in [9.17, 15) is 4.79 Å². The van der Waals surface area contributed by atoms with Crippen molar-refractivity contribution in [3.05, 3.63) is 5.82 Å². The smallest absolute Gasteiger partial charge is 0.233 e. The highest BCUT2D eigenvalue weighted by molar-refractivity contribution is 8.00. The van der Waals surface area contributed by atoms with Crippen LogP contribution in [-0.2, 0) is 4.79 Å². The van der Waals surface area contributed by atoms with Crippen molar-refractivity contribution in [1.82, 2.24) is 20.5 Å². The summed E-state index contributed by atoms with van der Waals surface area (Å²) >= 11 is 1.39. The Bertz CT molecular complexity index is 375. The molecule has 0 saturated heterocycles. The quantitative estimate of drug-likeness (QED) is 0.761. The van der Waals surface area contributed by atoms with Gasteiger partial charge in [0.1, 0.15) is 5.82 Å². The molecule has 5 nitrogen and oxygen atoms in total. The number of amides is 1. The van der Waals surface area contributed by atoms with Crippen molar-refractivity contribution >= 4 is 17.7 Å². The zero-order chi connectivity index (χ0) is 11.5. The first-order chi connectivity index (χ1) is 7.70. The molecule has 88 valence electrons. The Labute approximate surface area is 98.8 Å². The molecule has 16 heavy (non-hydrogen) atoms. The van der Waals surface area contributed by atoms with Gasteiger partial charge in [-0.25, -0.2) is 4.98 Å². The van der Waals surface area contributed by atoms with Crippen LogP contribution in [0.3, 0.4) is 0 Å². The predicted octanol–water partition coefficient (Wildman–Crippen LogP) is 1.30. The Morgan fingerprint density at radius 3 is 3.06 bits per heavy atom. The molecule has 1 amide bonds. The number of nitrogens with one attached hydrogen (secondary N) is 2. The lowest BCUT2D eigenvalue weighted by Gasteiger charge is -2.07.